The van der Waals surface area contributed by atoms with Gasteiger partial charge in [0.15, 0.2) is 0 Å². The van der Waals surface area contributed by atoms with Gasteiger partial charge in [-0.25, -0.2) is 0 Å². The third-order valence-electron chi connectivity index (χ3n) is 7.59. The second-order valence-corrected chi connectivity index (χ2v) is 10.9. The van der Waals surface area contributed by atoms with E-state index in [9.17, 15) is 4.79 Å². The molecule has 1 aliphatic heterocycles. The Balaban J connectivity index is 1.52. The number of hydrogen-bond acceptors (Lipinski definition) is 5. The number of hydrogen-bond donors (Lipinski definition) is 2. The molecule has 0 fully saturated rings. The van der Waals surface area contributed by atoms with Crippen molar-refractivity contribution in [2.75, 3.05) is 20.1 Å². The van der Waals surface area contributed by atoms with Crippen molar-refractivity contribution in [3.05, 3.63) is 99.5 Å². The Labute approximate surface area is 242 Å². The van der Waals surface area contributed by atoms with Gasteiger partial charge in [0.25, 0.3) is 5.91 Å². The summed E-state index contributed by atoms with van der Waals surface area (Å²) in [6.07, 6.45) is 11.9. The van der Waals surface area contributed by atoms with Crippen LogP contribution in [0.25, 0.3) is 0 Å². The summed E-state index contributed by atoms with van der Waals surface area (Å²) in [6.45, 7) is 8.47. The number of halogens is 1. The standard InChI is InChI=1S/C32H39ClN6O/c1-23-19-35-16-13-28(33)30(23)32(40)37-20-25-8-6-9-26(18-25)21-39(17-14-24(2)38(3)22-34)29-12-5-4-10-27-11-7-15-36-31(27)29/h6-9,11,13,15,18-19,22,29,34H,2,4-5,10,12,14,16-17,20-21H2,1,3H3,(H,37,40). The van der Waals surface area contributed by atoms with Crippen LogP contribution in [0.4, 0.5) is 0 Å². The second kappa shape index (κ2) is 14.2. The predicted octanol–water partition coefficient (Wildman–Crippen LogP) is 5.93. The minimum atomic E-state index is -0.200. The molecule has 210 valence electrons. The third-order valence-corrected chi connectivity index (χ3v) is 7.93. The molecule has 1 unspecified atom stereocenters. The van der Waals surface area contributed by atoms with Gasteiger partial charge in [0, 0.05) is 44.8 Å². The molecule has 0 saturated carbocycles. The fraction of sp³-hybridized carbons (Fsp3) is 0.375. The van der Waals surface area contributed by atoms with Gasteiger partial charge >= 0.3 is 0 Å². The summed E-state index contributed by atoms with van der Waals surface area (Å²) in [6, 6.07) is 12.8. The highest BCUT2D eigenvalue weighted by Gasteiger charge is 2.26. The number of aliphatic imine (C=N–C) groups is 1. The number of pyridine rings is 1. The lowest BCUT2D eigenvalue weighted by Crippen LogP contribution is -2.32. The third kappa shape index (κ3) is 7.55. The van der Waals surface area contributed by atoms with Crippen LogP contribution in [0, 0.1) is 5.41 Å². The van der Waals surface area contributed by atoms with Crippen LogP contribution in [-0.2, 0) is 24.3 Å². The first-order valence-electron chi connectivity index (χ1n) is 13.9. The van der Waals surface area contributed by atoms with E-state index in [4.69, 9.17) is 22.0 Å². The Bertz CT molecular complexity index is 1330. The molecule has 1 amide bonds. The first-order chi connectivity index (χ1) is 19.4. The molecule has 0 radical (unpaired) electrons. The van der Waals surface area contributed by atoms with Crippen LogP contribution in [0.1, 0.15) is 61.0 Å². The van der Waals surface area contributed by atoms with Crippen molar-refractivity contribution in [2.24, 2.45) is 4.99 Å². The van der Waals surface area contributed by atoms with Crippen LogP contribution in [-0.4, -0.2) is 53.4 Å². The number of aryl methyl sites for hydroxylation is 1. The molecule has 4 rings (SSSR count). The van der Waals surface area contributed by atoms with E-state index in [1.54, 1.807) is 17.2 Å². The second-order valence-electron chi connectivity index (χ2n) is 10.4. The summed E-state index contributed by atoms with van der Waals surface area (Å²) in [5.41, 5.74) is 6.85. The molecule has 2 aliphatic rings. The fourth-order valence-electron chi connectivity index (χ4n) is 5.30. The van der Waals surface area contributed by atoms with Gasteiger partial charge in [-0.15, -0.1) is 0 Å². The molecule has 1 aromatic carbocycles. The number of carbonyl (C=O) groups excluding carboxylic acids is 1. The predicted molar refractivity (Wildman–Crippen MR) is 164 cm³/mol. The van der Waals surface area contributed by atoms with Gasteiger partial charge in [-0.3, -0.25) is 25.1 Å². The Morgan fingerprint density at radius 3 is 2.90 bits per heavy atom. The molecule has 2 aromatic rings. The molecular weight excluding hydrogens is 520 g/mol. The van der Waals surface area contributed by atoms with Gasteiger partial charge in [-0.05, 0) is 67.0 Å². The minimum Gasteiger partial charge on any atom is -0.348 e. The molecule has 0 saturated heterocycles. The highest BCUT2D eigenvalue weighted by Crippen LogP contribution is 2.33. The van der Waals surface area contributed by atoms with Gasteiger partial charge in [0.1, 0.15) is 0 Å². The summed E-state index contributed by atoms with van der Waals surface area (Å²) in [5.74, 6) is -0.200. The number of rotatable bonds is 11. The van der Waals surface area contributed by atoms with Gasteiger partial charge < -0.3 is 10.2 Å². The molecule has 2 heterocycles. The maximum atomic E-state index is 13.0. The molecule has 40 heavy (non-hydrogen) atoms. The lowest BCUT2D eigenvalue weighted by molar-refractivity contribution is -0.117. The number of fused-ring (bicyclic) bond motifs is 1. The lowest BCUT2D eigenvalue weighted by Gasteiger charge is -2.32. The van der Waals surface area contributed by atoms with Crippen LogP contribution in [0.2, 0.25) is 0 Å². The van der Waals surface area contributed by atoms with Crippen LogP contribution in [0.5, 0.6) is 0 Å². The van der Waals surface area contributed by atoms with Gasteiger partial charge in [0.2, 0.25) is 0 Å². The molecule has 1 atom stereocenters. The SMILES string of the molecule is C=C(CCN(Cc1cccc(CNC(=O)C2=C(C)C=NCC=C2Cl)c1)C1CCCCc2cccnc21)N(C)C=N. The molecule has 0 spiro atoms. The van der Waals surface area contributed by atoms with Crippen molar-refractivity contribution in [2.45, 2.75) is 58.2 Å². The summed E-state index contributed by atoms with van der Waals surface area (Å²) < 4.78 is 0. The highest BCUT2D eigenvalue weighted by molar-refractivity contribution is 6.36. The largest absolute Gasteiger partial charge is 0.348 e. The topological polar surface area (TPSA) is 84.7 Å². The fourth-order valence-corrected chi connectivity index (χ4v) is 5.61. The number of nitrogens with one attached hydrogen (secondary N) is 2. The maximum absolute atomic E-state index is 13.0. The Hall–Kier alpha value is -3.55. The van der Waals surface area contributed by atoms with Crippen LogP contribution >= 0.6 is 11.6 Å². The molecular formula is C32H39ClN6O. The van der Waals surface area contributed by atoms with E-state index in [-0.39, 0.29) is 11.9 Å². The van der Waals surface area contributed by atoms with Crippen molar-refractivity contribution in [3.8, 4) is 0 Å². The van der Waals surface area contributed by atoms with Gasteiger partial charge in [-0.1, -0.05) is 54.9 Å². The Morgan fingerprint density at radius 1 is 1.25 bits per heavy atom. The number of nitrogens with zero attached hydrogens (tertiary/aromatic N) is 4. The van der Waals surface area contributed by atoms with E-state index < -0.39 is 0 Å². The number of carbonyl (C=O) groups is 1. The van der Waals surface area contributed by atoms with Crippen molar-refractivity contribution in [1.29, 1.82) is 5.41 Å². The zero-order valence-electron chi connectivity index (χ0n) is 23.5. The molecule has 7 nitrogen and oxygen atoms in total. The first kappa shape index (κ1) is 29.4. The first-order valence-corrected chi connectivity index (χ1v) is 14.3. The van der Waals surface area contributed by atoms with Gasteiger partial charge in [-0.2, -0.15) is 0 Å². The van der Waals surface area contributed by atoms with Crippen LogP contribution in [0.3, 0.4) is 0 Å². The average molecular weight is 559 g/mol. The van der Waals surface area contributed by atoms with E-state index in [1.807, 2.05) is 38.4 Å². The smallest absolute Gasteiger partial charge is 0.253 e. The maximum Gasteiger partial charge on any atom is 0.253 e. The van der Waals surface area contributed by atoms with E-state index in [0.29, 0.717) is 23.7 Å². The van der Waals surface area contributed by atoms with Gasteiger partial charge in [0.05, 0.1) is 35.2 Å². The summed E-state index contributed by atoms with van der Waals surface area (Å²) >= 11 is 6.37. The van der Waals surface area contributed by atoms with E-state index >= 15 is 0 Å². The minimum absolute atomic E-state index is 0.200. The van der Waals surface area contributed by atoms with Crippen molar-refractivity contribution in [1.82, 2.24) is 20.1 Å². The van der Waals surface area contributed by atoms with Crippen LogP contribution < -0.4 is 5.32 Å². The summed E-state index contributed by atoms with van der Waals surface area (Å²) in [7, 11) is 1.86. The van der Waals surface area contributed by atoms with Crippen LogP contribution in [0.15, 0.2) is 82.1 Å². The summed E-state index contributed by atoms with van der Waals surface area (Å²) in [5, 5.41) is 11.1. The van der Waals surface area contributed by atoms with Crippen molar-refractivity contribution < 1.29 is 4.79 Å². The van der Waals surface area contributed by atoms with Crippen molar-refractivity contribution >= 4 is 30.1 Å². The Kier molecular flexibility index (Phi) is 10.4. The molecule has 0 bridgehead atoms. The van der Waals surface area contributed by atoms with Crippen molar-refractivity contribution in [3.63, 3.8) is 0 Å². The quantitative estimate of drug-likeness (QED) is 0.203. The lowest BCUT2D eigenvalue weighted by atomic mass is 10.0. The highest BCUT2D eigenvalue weighted by atomic mass is 35.5. The Morgan fingerprint density at radius 2 is 2.08 bits per heavy atom. The number of amides is 1. The summed E-state index contributed by atoms with van der Waals surface area (Å²) in [4.78, 5) is 26.3. The number of aromatic nitrogens is 1. The molecule has 1 aromatic heterocycles. The number of benzene rings is 1. The molecule has 2 N–H and O–H groups in total. The monoisotopic (exact) mass is 558 g/mol. The normalized spacial score (nSPS) is 17.0. The van der Waals surface area contributed by atoms with E-state index in [0.717, 1.165) is 55.6 Å². The average Bonchev–Trinajstić information content (AvgIpc) is 3.28. The molecule has 8 heteroatoms. The van der Waals surface area contributed by atoms with E-state index in [2.05, 4.69) is 40.0 Å². The zero-order valence-corrected chi connectivity index (χ0v) is 24.3. The molecule has 1 aliphatic carbocycles. The van der Waals surface area contributed by atoms with E-state index in [1.165, 1.54) is 29.6 Å². The number of allylic oxidation sites excluding steroid dienone is 1. The zero-order chi connectivity index (χ0) is 28.5.